The van der Waals surface area contributed by atoms with Gasteiger partial charge in [-0.25, -0.2) is 9.97 Å². The van der Waals surface area contributed by atoms with E-state index in [1.54, 1.807) is 12.4 Å². The fourth-order valence-electron chi connectivity index (χ4n) is 1.60. The highest BCUT2D eigenvalue weighted by Gasteiger charge is 2.23. The molecule has 1 fully saturated rings. The van der Waals surface area contributed by atoms with E-state index in [0.29, 0.717) is 11.7 Å². The maximum absolute atomic E-state index is 7.21. The molecule has 3 N–H and O–H groups in total. The summed E-state index contributed by atoms with van der Waals surface area (Å²) in [7, 11) is 2.03. The van der Waals surface area contributed by atoms with Gasteiger partial charge in [0.25, 0.3) is 0 Å². The van der Waals surface area contributed by atoms with Crippen LogP contribution in [0.4, 0.5) is 5.82 Å². The summed E-state index contributed by atoms with van der Waals surface area (Å²) in [4.78, 5) is 10.5. The molecule has 1 saturated carbocycles. The number of nitrogens with two attached hydrogens (primary N) is 1. The zero-order valence-corrected chi connectivity index (χ0v) is 8.77. The van der Waals surface area contributed by atoms with E-state index in [-0.39, 0.29) is 5.84 Å². The number of hydrogen-bond donors (Lipinski definition) is 2. The van der Waals surface area contributed by atoms with Crippen molar-refractivity contribution in [2.45, 2.75) is 25.3 Å². The number of rotatable bonds is 3. The Hall–Kier alpha value is -1.65. The van der Waals surface area contributed by atoms with E-state index in [9.17, 15) is 0 Å². The second-order valence-electron chi connectivity index (χ2n) is 3.87. The molecule has 0 saturated heterocycles. The van der Waals surface area contributed by atoms with Gasteiger partial charge in [-0.15, -0.1) is 0 Å². The van der Waals surface area contributed by atoms with Crippen molar-refractivity contribution in [1.82, 2.24) is 9.97 Å². The maximum Gasteiger partial charge on any atom is 0.147 e. The highest BCUT2D eigenvalue weighted by atomic mass is 15.2. The van der Waals surface area contributed by atoms with Crippen molar-refractivity contribution in [3.8, 4) is 0 Å². The summed E-state index contributed by atoms with van der Waals surface area (Å²) in [5, 5.41) is 7.21. The van der Waals surface area contributed by atoms with Crippen molar-refractivity contribution in [3.05, 3.63) is 18.1 Å². The molecule has 15 heavy (non-hydrogen) atoms. The Morgan fingerprint density at radius 1 is 1.47 bits per heavy atom. The second-order valence-corrected chi connectivity index (χ2v) is 3.87. The number of nitrogens with one attached hydrogen (secondary N) is 1. The largest absolute Gasteiger partial charge is 0.382 e. The fourth-order valence-corrected chi connectivity index (χ4v) is 1.60. The molecule has 80 valence electrons. The number of aromatic nitrogens is 2. The molecule has 1 aromatic rings. The molecule has 0 aliphatic heterocycles. The van der Waals surface area contributed by atoms with Crippen molar-refractivity contribution in [1.29, 1.82) is 5.41 Å². The molecular weight excluding hydrogens is 190 g/mol. The van der Waals surface area contributed by atoms with E-state index < -0.39 is 0 Å². The van der Waals surface area contributed by atoms with Crippen LogP contribution >= 0.6 is 0 Å². The number of anilines is 1. The number of nitrogens with zero attached hydrogens (tertiary/aromatic N) is 3. The van der Waals surface area contributed by atoms with Crippen LogP contribution < -0.4 is 10.6 Å². The van der Waals surface area contributed by atoms with Crippen LogP contribution in [0.5, 0.6) is 0 Å². The Bertz CT molecular complexity index is 355. The average molecular weight is 205 g/mol. The van der Waals surface area contributed by atoms with Crippen LogP contribution in [0.15, 0.2) is 12.4 Å². The van der Waals surface area contributed by atoms with Crippen LogP contribution in [0.2, 0.25) is 0 Å². The van der Waals surface area contributed by atoms with Gasteiger partial charge in [0, 0.05) is 13.1 Å². The van der Waals surface area contributed by atoms with E-state index in [1.165, 1.54) is 19.3 Å². The Balaban J connectivity index is 2.11. The first kappa shape index (κ1) is 9.89. The van der Waals surface area contributed by atoms with Crippen LogP contribution in [0.25, 0.3) is 0 Å². The molecule has 0 unspecified atom stereocenters. The minimum atomic E-state index is -0.0413. The predicted octanol–water partition coefficient (Wildman–Crippen LogP) is 0.749. The molecule has 1 aromatic heterocycles. The van der Waals surface area contributed by atoms with Crippen molar-refractivity contribution in [2.24, 2.45) is 5.73 Å². The van der Waals surface area contributed by atoms with E-state index in [0.717, 1.165) is 5.82 Å². The summed E-state index contributed by atoms with van der Waals surface area (Å²) in [5.41, 5.74) is 5.74. The quantitative estimate of drug-likeness (QED) is 0.563. The van der Waals surface area contributed by atoms with Crippen LogP contribution in [-0.2, 0) is 0 Å². The zero-order valence-electron chi connectivity index (χ0n) is 8.77. The monoisotopic (exact) mass is 205 g/mol. The van der Waals surface area contributed by atoms with Crippen molar-refractivity contribution in [2.75, 3.05) is 11.9 Å². The standard InChI is InChI=1S/C10H15N5/c1-15(7-3-2-4-7)9-6-13-8(5-14-9)10(11)12/h5-7H,2-4H2,1H3,(H3,11,12). The van der Waals surface area contributed by atoms with Gasteiger partial charge in [0.15, 0.2) is 0 Å². The van der Waals surface area contributed by atoms with E-state index >= 15 is 0 Å². The van der Waals surface area contributed by atoms with E-state index in [2.05, 4.69) is 14.9 Å². The van der Waals surface area contributed by atoms with E-state index in [4.69, 9.17) is 11.1 Å². The molecule has 5 nitrogen and oxygen atoms in total. The van der Waals surface area contributed by atoms with Crippen molar-refractivity contribution >= 4 is 11.7 Å². The topological polar surface area (TPSA) is 78.9 Å². The lowest BCUT2D eigenvalue weighted by atomic mass is 9.92. The summed E-state index contributed by atoms with van der Waals surface area (Å²) >= 11 is 0. The molecule has 5 heteroatoms. The molecule has 0 spiro atoms. The first-order chi connectivity index (χ1) is 7.18. The average Bonchev–Trinajstić information content (AvgIpc) is 2.15. The summed E-state index contributed by atoms with van der Waals surface area (Å²) in [6.07, 6.45) is 6.98. The fraction of sp³-hybridized carbons (Fsp3) is 0.500. The van der Waals surface area contributed by atoms with Crippen LogP contribution in [-0.4, -0.2) is 28.9 Å². The Kier molecular flexibility index (Phi) is 2.53. The molecule has 2 rings (SSSR count). The van der Waals surface area contributed by atoms with Crippen molar-refractivity contribution < 1.29 is 0 Å². The minimum absolute atomic E-state index is 0.0413. The number of hydrogen-bond acceptors (Lipinski definition) is 4. The highest BCUT2D eigenvalue weighted by Crippen LogP contribution is 2.26. The summed E-state index contributed by atoms with van der Waals surface area (Å²) < 4.78 is 0. The second kappa shape index (κ2) is 3.84. The lowest BCUT2D eigenvalue weighted by Gasteiger charge is -2.35. The molecule has 1 aliphatic rings. The summed E-state index contributed by atoms with van der Waals surface area (Å²) in [5.74, 6) is 0.810. The van der Waals surface area contributed by atoms with Gasteiger partial charge in [-0.3, -0.25) is 5.41 Å². The minimum Gasteiger partial charge on any atom is -0.382 e. The third-order valence-corrected chi connectivity index (χ3v) is 2.90. The van der Waals surface area contributed by atoms with Gasteiger partial charge >= 0.3 is 0 Å². The van der Waals surface area contributed by atoms with Gasteiger partial charge in [-0.1, -0.05) is 0 Å². The molecule has 0 atom stereocenters. The molecule has 0 radical (unpaired) electrons. The summed E-state index contributed by atoms with van der Waals surface area (Å²) in [6, 6.07) is 0.600. The molecule has 0 amide bonds. The highest BCUT2D eigenvalue weighted by molar-refractivity contribution is 5.92. The van der Waals surface area contributed by atoms with Crippen LogP contribution in [0.3, 0.4) is 0 Å². The van der Waals surface area contributed by atoms with Crippen LogP contribution in [0.1, 0.15) is 25.0 Å². The Morgan fingerprint density at radius 2 is 2.20 bits per heavy atom. The number of amidine groups is 1. The maximum atomic E-state index is 7.21. The first-order valence-corrected chi connectivity index (χ1v) is 5.08. The Morgan fingerprint density at radius 3 is 2.60 bits per heavy atom. The third kappa shape index (κ3) is 1.91. The van der Waals surface area contributed by atoms with Crippen LogP contribution in [0, 0.1) is 5.41 Å². The van der Waals surface area contributed by atoms with Gasteiger partial charge < -0.3 is 10.6 Å². The van der Waals surface area contributed by atoms with E-state index in [1.807, 2.05) is 7.05 Å². The summed E-state index contributed by atoms with van der Waals surface area (Å²) in [6.45, 7) is 0. The smallest absolute Gasteiger partial charge is 0.147 e. The van der Waals surface area contributed by atoms with Gasteiger partial charge in [0.05, 0.1) is 12.4 Å². The lowest BCUT2D eigenvalue weighted by molar-refractivity contribution is 0.399. The molecule has 0 bridgehead atoms. The molecule has 1 aliphatic carbocycles. The first-order valence-electron chi connectivity index (χ1n) is 5.08. The zero-order chi connectivity index (χ0) is 10.8. The molecular formula is C10H15N5. The molecule has 1 heterocycles. The number of nitrogen functional groups attached to an aromatic ring is 1. The molecule has 0 aromatic carbocycles. The van der Waals surface area contributed by atoms with Crippen molar-refractivity contribution in [3.63, 3.8) is 0 Å². The lowest BCUT2D eigenvalue weighted by Crippen LogP contribution is -2.37. The Labute approximate surface area is 88.8 Å². The normalized spacial score (nSPS) is 15.8. The van der Waals surface area contributed by atoms with Gasteiger partial charge in [-0.2, -0.15) is 0 Å². The predicted molar refractivity (Wildman–Crippen MR) is 59.1 cm³/mol. The van der Waals surface area contributed by atoms with Gasteiger partial charge in [-0.05, 0) is 19.3 Å². The van der Waals surface area contributed by atoms with Gasteiger partial charge in [0.2, 0.25) is 0 Å². The van der Waals surface area contributed by atoms with Gasteiger partial charge in [0.1, 0.15) is 17.3 Å². The third-order valence-electron chi connectivity index (χ3n) is 2.90. The SMILES string of the molecule is CN(c1cnc(C(=N)N)cn1)C1CCC1.